The summed E-state index contributed by atoms with van der Waals surface area (Å²) in [7, 11) is 0. The number of ether oxygens (including phenoxy) is 2. The van der Waals surface area contributed by atoms with Crippen molar-refractivity contribution >= 4 is 17.6 Å². The predicted molar refractivity (Wildman–Crippen MR) is 109 cm³/mol. The number of nitrogen functional groups attached to an aromatic ring is 1. The first-order valence-electron chi connectivity index (χ1n) is 9.14. The van der Waals surface area contributed by atoms with Gasteiger partial charge in [0.25, 0.3) is 5.91 Å². The zero-order valence-corrected chi connectivity index (χ0v) is 16.4. The van der Waals surface area contributed by atoms with E-state index in [0.717, 1.165) is 0 Å². The summed E-state index contributed by atoms with van der Waals surface area (Å²) in [5.74, 6) is 4.31. The van der Waals surface area contributed by atoms with Crippen molar-refractivity contribution in [1.82, 2.24) is 21.0 Å². The van der Waals surface area contributed by atoms with Gasteiger partial charge in [0.15, 0.2) is 5.82 Å². The van der Waals surface area contributed by atoms with E-state index in [1.54, 1.807) is 24.3 Å². The monoisotopic (exact) mass is 427 g/mol. The molecule has 13 heteroatoms. The maximum absolute atomic E-state index is 12.7. The highest BCUT2D eigenvalue weighted by molar-refractivity contribution is 6.00. The quantitative estimate of drug-likeness (QED) is 0.152. The summed E-state index contributed by atoms with van der Waals surface area (Å²) in [6, 6.07) is 8.71. The number of carbonyl (C=O) groups excluding carboxylic acids is 1. The Balaban J connectivity index is 1.90. The van der Waals surface area contributed by atoms with Crippen molar-refractivity contribution < 1.29 is 19.1 Å². The van der Waals surface area contributed by atoms with Gasteiger partial charge in [0, 0.05) is 12.0 Å². The van der Waals surface area contributed by atoms with Crippen LogP contribution in [-0.4, -0.2) is 47.6 Å². The first kappa shape index (κ1) is 21.7. The molecule has 162 valence electrons. The number of hydrazine groups is 1. The number of anilines is 1. The number of amides is 1. The Morgan fingerprint density at radius 2 is 2.26 bits per heavy atom. The SMILES string of the molecule is N#Cc1cccc(-c2nc(N)c(C(=O)NOC/C(N)=N/NN)c(OC3CCOC3)n2)c1. The molecular weight excluding hydrogens is 406 g/mol. The van der Waals surface area contributed by atoms with Crippen molar-refractivity contribution in [3.8, 4) is 23.3 Å². The third kappa shape index (κ3) is 5.54. The van der Waals surface area contributed by atoms with Crippen LogP contribution in [0.4, 0.5) is 5.82 Å². The molecule has 1 aliphatic heterocycles. The van der Waals surface area contributed by atoms with Gasteiger partial charge in [-0.05, 0) is 12.1 Å². The lowest BCUT2D eigenvalue weighted by atomic mass is 10.1. The fraction of sp³-hybridized carbons (Fsp3) is 0.278. The van der Waals surface area contributed by atoms with Gasteiger partial charge in [-0.15, -0.1) is 5.10 Å². The van der Waals surface area contributed by atoms with E-state index >= 15 is 0 Å². The number of nitrogens with two attached hydrogens (primary N) is 3. The van der Waals surface area contributed by atoms with Gasteiger partial charge in [-0.25, -0.2) is 21.8 Å². The molecule has 2 aromatic rings. The summed E-state index contributed by atoms with van der Waals surface area (Å²) in [6.45, 7) is 0.642. The number of nitrogens with zero attached hydrogens (tertiary/aromatic N) is 4. The highest BCUT2D eigenvalue weighted by atomic mass is 16.7. The van der Waals surface area contributed by atoms with Crippen molar-refractivity contribution in [2.24, 2.45) is 16.7 Å². The molecular formula is C18H21N9O4. The lowest BCUT2D eigenvalue weighted by Gasteiger charge is -2.16. The summed E-state index contributed by atoms with van der Waals surface area (Å²) in [5, 5.41) is 12.6. The third-order valence-electron chi connectivity index (χ3n) is 4.14. The molecule has 31 heavy (non-hydrogen) atoms. The van der Waals surface area contributed by atoms with E-state index in [9.17, 15) is 4.79 Å². The Morgan fingerprint density at radius 3 is 2.97 bits per heavy atom. The van der Waals surface area contributed by atoms with Gasteiger partial charge in [0.1, 0.15) is 29.9 Å². The van der Waals surface area contributed by atoms with Crippen LogP contribution >= 0.6 is 0 Å². The van der Waals surface area contributed by atoms with Crippen LogP contribution in [0.2, 0.25) is 0 Å². The van der Waals surface area contributed by atoms with Crippen LogP contribution < -0.4 is 33.1 Å². The van der Waals surface area contributed by atoms with Gasteiger partial charge in [-0.3, -0.25) is 9.63 Å². The number of nitrogens with one attached hydrogen (secondary N) is 2. The maximum atomic E-state index is 12.7. The number of hydrogen-bond acceptors (Lipinski definition) is 11. The number of hydroxylamine groups is 1. The average molecular weight is 427 g/mol. The molecule has 1 fully saturated rings. The molecule has 1 saturated heterocycles. The molecule has 1 aliphatic rings. The van der Waals surface area contributed by atoms with E-state index < -0.39 is 5.91 Å². The van der Waals surface area contributed by atoms with Crippen molar-refractivity contribution in [1.29, 1.82) is 5.26 Å². The summed E-state index contributed by atoms with van der Waals surface area (Å²) in [6.07, 6.45) is 0.318. The highest BCUT2D eigenvalue weighted by Gasteiger charge is 2.26. The standard InChI is InChI=1S/C18H21N9O4/c19-7-10-2-1-3-11(6-10)16-23-15(21)14(17(28)26-30-9-13(20)25-27-22)18(24-16)31-12-4-5-29-8-12/h1-3,6,12,27H,4-5,8-9,22H2,(H2,20,25)(H,26,28)(H2,21,23,24). The van der Waals surface area contributed by atoms with Gasteiger partial charge >= 0.3 is 0 Å². The molecule has 0 saturated carbocycles. The number of rotatable bonds is 8. The maximum Gasteiger partial charge on any atom is 0.284 e. The molecule has 0 radical (unpaired) electrons. The zero-order valence-electron chi connectivity index (χ0n) is 16.4. The number of hydrazone groups is 1. The molecule has 0 aliphatic carbocycles. The number of aromatic nitrogens is 2. The van der Waals surface area contributed by atoms with Crippen LogP contribution in [-0.2, 0) is 9.57 Å². The molecule has 1 atom stereocenters. The average Bonchev–Trinajstić information content (AvgIpc) is 3.26. The van der Waals surface area contributed by atoms with E-state index in [0.29, 0.717) is 30.8 Å². The highest BCUT2D eigenvalue weighted by Crippen LogP contribution is 2.28. The number of benzene rings is 1. The second-order valence-corrected chi connectivity index (χ2v) is 6.36. The van der Waals surface area contributed by atoms with Crippen molar-refractivity contribution in [3.05, 3.63) is 35.4 Å². The Kier molecular flexibility index (Phi) is 7.12. The Morgan fingerprint density at radius 1 is 1.42 bits per heavy atom. The van der Waals surface area contributed by atoms with Crippen molar-refractivity contribution in [3.63, 3.8) is 0 Å². The normalized spacial score (nSPS) is 15.9. The summed E-state index contributed by atoms with van der Waals surface area (Å²) >= 11 is 0. The Labute approximate surface area is 177 Å². The third-order valence-corrected chi connectivity index (χ3v) is 4.14. The van der Waals surface area contributed by atoms with Crippen LogP contribution in [0.15, 0.2) is 29.4 Å². The molecule has 0 spiro atoms. The van der Waals surface area contributed by atoms with Gasteiger partial charge in [0.2, 0.25) is 5.88 Å². The Bertz CT molecular complexity index is 1020. The number of nitriles is 1. The minimum absolute atomic E-state index is 0.000627. The van der Waals surface area contributed by atoms with Gasteiger partial charge in [0.05, 0.1) is 24.8 Å². The fourth-order valence-corrected chi connectivity index (χ4v) is 2.72. The lowest BCUT2D eigenvalue weighted by Crippen LogP contribution is -2.33. The first-order chi connectivity index (χ1) is 15.0. The second kappa shape index (κ2) is 10.2. The first-order valence-corrected chi connectivity index (χ1v) is 9.14. The minimum atomic E-state index is -0.739. The fourth-order valence-electron chi connectivity index (χ4n) is 2.72. The summed E-state index contributed by atoms with van der Waals surface area (Å²) in [5.41, 5.74) is 16.6. The molecule has 1 unspecified atom stereocenters. The van der Waals surface area contributed by atoms with E-state index in [2.05, 4.69) is 20.5 Å². The van der Waals surface area contributed by atoms with Gasteiger partial charge in [-0.1, -0.05) is 12.1 Å². The summed E-state index contributed by atoms with van der Waals surface area (Å²) in [4.78, 5) is 26.3. The minimum Gasteiger partial charge on any atom is -0.471 e. The van der Waals surface area contributed by atoms with Crippen LogP contribution in [0.3, 0.4) is 0 Å². The molecule has 1 aromatic heterocycles. The van der Waals surface area contributed by atoms with Crippen molar-refractivity contribution in [2.75, 3.05) is 25.6 Å². The molecule has 8 N–H and O–H groups in total. The predicted octanol–water partition coefficient (Wildman–Crippen LogP) is -0.838. The van der Waals surface area contributed by atoms with Crippen molar-refractivity contribution in [2.45, 2.75) is 12.5 Å². The molecule has 13 nitrogen and oxygen atoms in total. The molecule has 3 rings (SSSR count). The molecule has 1 aromatic carbocycles. The molecule has 2 heterocycles. The van der Waals surface area contributed by atoms with E-state index in [1.807, 2.05) is 11.6 Å². The van der Waals surface area contributed by atoms with E-state index in [4.69, 9.17) is 36.9 Å². The largest absolute Gasteiger partial charge is 0.471 e. The lowest BCUT2D eigenvalue weighted by molar-refractivity contribution is 0.0445. The summed E-state index contributed by atoms with van der Waals surface area (Å²) < 4.78 is 11.2. The topological polar surface area (TPSA) is 209 Å². The van der Waals surface area contributed by atoms with Crippen LogP contribution in [0.25, 0.3) is 11.4 Å². The second-order valence-electron chi connectivity index (χ2n) is 6.36. The zero-order chi connectivity index (χ0) is 22.2. The molecule has 0 bridgehead atoms. The number of hydrogen-bond donors (Lipinski definition) is 5. The van der Waals surface area contributed by atoms with Crippen LogP contribution in [0.5, 0.6) is 5.88 Å². The smallest absolute Gasteiger partial charge is 0.284 e. The Hall–Kier alpha value is -3.99. The van der Waals surface area contributed by atoms with Crippen LogP contribution in [0.1, 0.15) is 22.3 Å². The van der Waals surface area contributed by atoms with Crippen LogP contribution in [0, 0.1) is 11.3 Å². The number of carbonyl (C=O) groups is 1. The van der Waals surface area contributed by atoms with Gasteiger partial charge < -0.3 is 20.9 Å². The number of amidine groups is 1. The molecule has 1 amide bonds. The van der Waals surface area contributed by atoms with E-state index in [-0.39, 0.29) is 41.6 Å². The van der Waals surface area contributed by atoms with E-state index in [1.165, 1.54) is 0 Å². The van der Waals surface area contributed by atoms with Gasteiger partial charge in [-0.2, -0.15) is 10.2 Å².